The highest BCUT2D eigenvalue weighted by atomic mass is 16.6. The van der Waals surface area contributed by atoms with Crippen LogP contribution in [0.25, 0.3) is 10.9 Å². The second-order valence-electron chi connectivity index (χ2n) is 12.0. The van der Waals surface area contributed by atoms with Gasteiger partial charge in [-0.25, -0.2) is 14.4 Å². The highest BCUT2D eigenvalue weighted by Crippen LogP contribution is 2.54. The molecule has 0 saturated heterocycles. The van der Waals surface area contributed by atoms with Crippen molar-refractivity contribution in [2.45, 2.75) is 63.2 Å². The van der Waals surface area contributed by atoms with Crippen molar-refractivity contribution in [3.63, 3.8) is 0 Å². The molecular weight excluding hydrogens is 508 g/mol. The van der Waals surface area contributed by atoms with E-state index < -0.39 is 23.6 Å². The molecule has 7 rings (SSSR count). The third-order valence-corrected chi connectivity index (χ3v) is 9.37. The van der Waals surface area contributed by atoms with Gasteiger partial charge in [0.2, 0.25) is 5.54 Å². The number of aromatic nitrogens is 1. The number of nitrogens with zero attached hydrogens (tertiary/aromatic N) is 1. The summed E-state index contributed by atoms with van der Waals surface area (Å²) in [6.07, 6.45) is 6.36. The van der Waals surface area contributed by atoms with Crippen LogP contribution in [0.3, 0.4) is 0 Å². The maximum atomic E-state index is 13.6. The van der Waals surface area contributed by atoms with Crippen LogP contribution >= 0.6 is 0 Å². The van der Waals surface area contributed by atoms with Gasteiger partial charge in [-0.1, -0.05) is 48.5 Å². The predicted octanol–water partition coefficient (Wildman–Crippen LogP) is 5.23. The molecule has 0 aliphatic heterocycles. The van der Waals surface area contributed by atoms with E-state index in [-0.39, 0.29) is 25.6 Å². The van der Waals surface area contributed by atoms with E-state index in [0.29, 0.717) is 23.7 Å². The van der Waals surface area contributed by atoms with Crippen molar-refractivity contribution < 1.29 is 29.0 Å². The molecule has 4 aliphatic rings. The maximum Gasteiger partial charge on any atom is 0.408 e. The molecule has 210 valence electrons. The van der Waals surface area contributed by atoms with Gasteiger partial charge in [0.15, 0.2) is 0 Å². The summed E-state index contributed by atoms with van der Waals surface area (Å²) in [5.74, 6) is -0.447. The van der Waals surface area contributed by atoms with Gasteiger partial charge >= 0.3 is 18.0 Å². The number of amides is 1. The Morgan fingerprint density at radius 2 is 1.60 bits per heavy atom. The van der Waals surface area contributed by atoms with Crippen LogP contribution < -0.4 is 5.32 Å². The van der Waals surface area contributed by atoms with Gasteiger partial charge in [-0.05, 0) is 85.8 Å². The number of aryl methyl sites for hydroxylation is 2. The number of para-hydroxylation sites is 1. The standard InChI is InChI=1S/C32H36N2O6/c1-34-18-23(26-9-5-6-10-27(26)34)11-12-32(29(35)36,30(37)39-19-20-7-3-2-4-8-20)33-31(38)40-28-24-14-21-13-22(16-24)17-25(28)15-21/h2-10,18,21-22,24-25,28H,11-17,19H2,1H3,(H,33,38)(H,35,36). The van der Waals surface area contributed by atoms with Crippen LogP contribution in [0.5, 0.6) is 0 Å². The van der Waals surface area contributed by atoms with Crippen LogP contribution in [-0.2, 0) is 39.1 Å². The Kier molecular flexibility index (Phi) is 7.02. The van der Waals surface area contributed by atoms with Crippen LogP contribution in [-0.4, -0.2) is 39.3 Å². The Labute approximate surface area is 233 Å². The first-order valence-corrected chi connectivity index (χ1v) is 14.3. The number of carboxylic acid groups (broad SMARTS) is 1. The van der Waals surface area contributed by atoms with Crippen LogP contribution in [0.2, 0.25) is 0 Å². The Balaban J connectivity index is 1.24. The van der Waals surface area contributed by atoms with Gasteiger partial charge < -0.3 is 19.1 Å². The molecule has 1 amide bonds. The van der Waals surface area contributed by atoms with E-state index in [2.05, 4.69) is 5.32 Å². The lowest BCUT2D eigenvalue weighted by molar-refractivity contribution is -0.165. The van der Waals surface area contributed by atoms with Crippen molar-refractivity contribution in [2.75, 3.05) is 0 Å². The van der Waals surface area contributed by atoms with Crippen molar-refractivity contribution in [1.29, 1.82) is 0 Å². The molecule has 2 aromatic carbocycles. The number of hydrogen-bond acceptors (Lipinski definition) is 5. The first-order valence-electron chi connectivity index (χ1n) is 14.3. The third kappa shape index (κ3) is 4.95. The number of hydrogen-bond donors (Lipinski definition) is 2. The number of carbonyl (C=O) groups is 3. The summed E-state index contributed by atoms with van der Waals surface area (Å²) in [5, 5.41) is 13.9. The summed E-state index contributed by atoms with van der Waals surface area (Å²) in [5.41, 5.74) is 0.310. The van der Waals surface area contributed by atoms with Gasteiger partial charge in [-0.15, -0.1) is 0 Å². The van der Waals surface area contributed by atoms with Gasteiger partial charge in [-0.2, -0.15) is 0 Å². The molecule has 3 aromatic rings. The summed E-state index contributed by atoms with van der Waals surface area (Å²) in [6.45, 7) is -0.102. The fourth-order valence-corrected chi connectivity index (χ4v) is 7.65. The number of esters is 1. The molecular formula is C32H36N2O6. The van der Waals surface area contributed by atoms with E-state index in [0.717, 1.165) is 47.7 Å². The zero-order valence-electron chi connectivity index (χ0n) is 22.8. The highest BCUT2D eigenvalue weighted by molar-refractivity contribution is 6.06. The van der Waals surface area contributed by atoms with Crippen LogP contribution in [0.4, 0.5) is 4.79 Å². The lowest BCUT2D eigenvalue weighted by atomic mass is 9.55. The molecule has 0 radical (unpaired) electrons. The number of nitrogens with one attached hydrogen (secondary N) is 1. The second kappa shape index (κ2) is 10.6. The topological polar surface area (TPSA) is 107 Å². The van der Waals surface area contributed by atoms with Crippen LogP contribution in [0.1, 0.15) is 49.7 Å². The monoisotopic (exact) mass is 544 g/mol. The zero-order valence-corrected chi connectivity index (χ0v) is 22.8. The molecule has 0 spiro atoms. The Morgan fingerprint density at radius 1 is 0.950 bits per heavy atom. The molecule has 1 heterocycles. The summed E-state index contributed by atoms with van der Waals surface area (Å²) >= 11 is 0. The second-order valence-corrected chi connectivity index (χ2v) is 12.0. The molecule has 1 aromatic heterocycles. The number of ether oxygens (including phenoxy) is 2. The lowest BCUT2D eigenvalue weighted by Gasteiger charge is -2.53. The lowest BCUT2D eigenvalue weighted by Crippen LogP contribution is -2.62. The quantitative estimate of drug-likeness (QED) is 0.282. The summed E-state index contributed by atoms with van der Waals surface area (Å²) in [4.78, 5) is 39.8. The average molecular weight is 545 g/mol. The number of aliphatic carboxylic acids is 1. The maximum absolute atomic E-state index is 13.6. The molecule has 4 saturated carbocycles. The Bertz CT molecular complexity index is 1390. The number of rotatable bonds is 9. The fraction of sp³-hybridized carbons (Fsp3) is 0.469. The van der Waals surface area contributed by atoms with E-state index in [9.17, 15) is 19.5 Å². The normalized spacial score (nSPS) is 26.3. The van der Waals surface area contributed by atoms with Crippen LogP contribution in [0, 0.1) is 23.7 Å². The Hall–Kier alpha value is -3.81. The summed E-state index contributed by atoms with van der Waals surface area (Å²) in [7, 11) is 1.92. The summed E-state index contributed by atoms with van der Waals surface area (Å²) in [6, 6.07) is 16.9. The number of carboxylic acids is 1. The fourth-order valence-electron chi connectivity index (χ4n) is 7.65. The molecule has 4 aliphatic carbocycles. The zero-order chi connectivity index (χ0) is 27.9. The van der Waals surface area contributed by atoms with E-state index in [4.69, 9.17) is 9.47 Å². The number of fused-ring (bicyclic) bond motifs is 1. The van der Waals surface area contributed by atoms with Gasteiger partial charge in [0, 0.05) is 24.1 Å². The largest absolute Gasteiger partial charge is 0.479 e. The first kappa shape index (κ1) is 26.4. The van der Waals surface area contributed by atoms with Crippen molar-refractivity contribution in [3.8, 4) is 0 Å². The third-order valence-electron chi connectivity index (χ3n) is 9.37. The molecule has 4 bridgehead atoms. The number of alkyl carbamates (subject to hydrolysis) is 1. The molecule has 40 heavy (non-hydrogen) atoms. The highest BCUT2D eigenvalue weighted by Gasteiger charge is 2.53. The van der Waals surface area contributed by atoms with Crippen LogP contribution in [0.15, 0.2) is 60.8 Å². The molecule has 1 atom stereocenters. The van der Waals surface area contributed by atoms with Gasteiger partial charge in [0.1, 0.15) is 12.7 Å². The molecule has 4 fully saturated rings. The minimum absolute atomic E-state index is 0.102. The van der Waals surface area contributed by atoms with Gasteiger partial charge in [0.05, 0.1) is 0 Å². The van der Waals surface area contributed by atoms with Crippen molar-refractivity contribution >= 4 is 28.9 Å². The number of carbonyl (C=O) groups excluding carboxylic acids is 2. The van der Waals surface area contributed by atoms with E-state index in [1.807, 2.05) is 60.3 Å². The molecule has 8 nitrogen and oxygen atoms in total. The van der Waals surface area contributed by atoms with Crippen molar-refractivity contribution in [1.82, 2.24) is 9.88 Å². The Morgan fingerprint density at radius 3 is 2.27 bits per heavy atom. The van der Waals surface area contributed by atoms with Crippen molar-refractivity contribution in [2.24, 2.45) is 30.7 Å². The van der Waals surface area contributed by atoms with E-state index >= 15 is 0 Å². The van der Waals surface area contributed by atoms with E-state index in [1.165, 1.54) is 6.42 Å². The van der Waals surface area contributed by atoms with Gasteiger partial charge in [0.25, 0.3) is 0 Å². The molecule has 2 N–H and O–H groups in total. The molecule has 1 unspecified atom stereocenters. The number of benzene rings is 2. The molecule has 8 heteroatoms. The minimum atomic E-state index is -2.30. The summed E-state index contributed by atoms with van der Waals surface area (Å²) < 4.78 is 13.4. The van der Waals surface area contributed by atoms with Crippen molar-refractivity contribution in [3.05, 3.63) is 71.9 Å². The SMILES string of the molecule is Cn1cc(CCC(NC(=O)OC2C3CC4CC(C3)CC2C4)(C(=O)O)C(=O)OCc2ccccc2)c2ccccc21. The van der Waals surface area contributed by atoms with Gasteiger partial charge in [-0.3, -0.25) is 5.32 Å². The van der Waals surface area contributed by atoms with E-state index in [1.54, 1.807) is 12.1 Å². The first-order chi connectivity index (χ1) is 19.3. The average Bonchev–Trinajstić information content (AvgIpc) is 3.27. The predicted molar refractivity (Wildman–Crippen MR) is 148 cm³/mol. The minimum Gasteiger partial charge on any atom is -0.479 e. The smallest absolute Gasteiger partial charge is 0.408 e.